The Hall–Kier alpha value is -1.64. The predicted molar refractivity (Wildman–Crippen MR) is 102 cm³/mol. The van der Waals surface area contributed by atoms with Crippen molar-refractivity contribution in [2.24, 2.45) is 5.92 Å². The summed E-state index contributed by atoms with van der Waals surface area (Å²) in [6.07, 6.45) is 0.902. The number of ether oxygens (including phenoxy) is 1. The smallest absolute Gasteiger partial charge is 0.324 e. The molecule has 0 aliphatic carbocycles. The van der Waals surface area contributed by atoms with Crippen LogP contribution in [-0.2, 0) is 24.3 Å². The largest absolute Gasteiger partial charge is 0.454 e. The summed E-state index contributed by atoms with van der Waals surface area (Å²) in [5, 5.41) is 3.16. The van der Waals surface area contributed by atoms with Crippen molar-refractivity contribution in [2.45, 2.75) is 50.6 Å². The fourth-order valence-corrected chi connectivity index (χ4v) is 4.47. The maximum absolute atomic E-state index is 12.8. The summed E-state index contributed by atoms with van der Waals surface area (Å²) >= 11 is 5.81. The molecule has 0 spiro atoms. The summed E-state index contributed by atoms with van der Waals surface area (Å²) in [5.41, 5.74) is 0. The summed E-state index contributed by atoms with van der Waals surface area (Å²) in [6.45, 7) is 5.59. The number of halogens is 1. The number of carbonyl (C=O) groups excluding carboxylic acids is 2. The number of esters is 1. The highest BCUT2D eigenvalue weighted by Gasteiger charge is 2.40. The van der Waals surface area contributed by atoms with E-state index in [2.05, 4.69) is 5.32 Å². The molecule has 1 aromatic rings. The molecule has 1 fully saturated rings. The number of rotatable bonds is 7. The van der Waals surface area contributed by atoms with E-state index in [-0.39, 0.29) is 23.4 Å². The molecule has 9 heteroatoms. The van der Waals surface area contributed by atoms with E-state index in [0.717, 1.165) is 4.31 Å². The van der Waals surface area contributed by atoms with Gasteiger partial charge in [-0.3, -0.25) is 9.59 Å². The Morgan fingerprint density at radius 1 is 1.26 bits per heavy atom. The van der Waals surface area contributed by atoms with Gasteiger partial charge in [-0.2, -0.15) is 4.31 Å². The maximum atomic E-state index is 12.8. The van der Waals surface area contributed by atoms with Crippen LogP contribution in [0.25, 0.3) is 0 Å². The van der Waals surface area contributed by atoms with Gasteiger partial charge in [0.05, 0.1) is 4.90 Å². The number of amides is 1. The molecule has 1 aliphatic heterocycles. The average molecular weight is 417 g/mol. The number of benzene rings is 1. The third-order valence-electron chi connectivity index (χ3n) is 4.63. The molecule has 0 unspecified atom stereocenters. The van der Waals surface area contributed by atoms with Gasteiger partial charge in [-0.15, -0.1) is 0 Å². The first kappa shape index (κ1) is 21.7. The van der Waals surface area contributed by atoms with Crippen molar-refractivity contribution in [2.75, 3.05) is 13.2 Å². The van der Waals surface area contributed by atoms with E-state index in [0.29, 0.717) is 17.9 Å². The number of hydrogen-bond donors (Lipinski definition) is 1. The normalized spacial score (nSPS) is 19.1. The van der Waals surface area contributed by atoms with Crippen molar-refractivity contribution < 1.29 is 22.7 Å². The van der Waals surface area contributed by atoms with E-state index in [1.165, 1.54) is 24.3 Å². The van der Waals surface area contributed by atoms with Crippen LogP contribution in [0.15, 0.2) is 29.2 Å². The predicted octanol–water partition coefficient (Wildman–Crippen LogP) is 2.20. The molecular formula is C18H25ClN2O5S. The SMILES string of the molecule is CC(C)[C@@H](C)NC(=O)COC(=O)[C@@H]1CCCN1S(=O)(=O)c1ccc(Cl)cc1. The van der Waals surface area contributed by atoms with Crippen molar-refractivity contribution in [1.29, 1.82) is 0 Å². The van der Waals surface area contributed by atoms with Gasteiger partial charge in [0.15, 0.2) is 6.61 Å². The Bertz CT molecular complexity index is 779. The Balaban J connectivity index is 2.01. The second kappa shape index (κ2) is 9.03. The zero-order valence-electron chi connectivity index (χ0n) is 15.6. The Labute approximate surface area is 165 Å². The van der Waals surface area contributed by atoms with Crippen molar-refractivity contribution in [1.82, 2.24) is 9.62 Å². The minimum Gasteiger partial charge on any atom is -0.454 e. The lowest BCUT2D eigenvalue weighted by molar-refractivity contribution is -0.151. The van der Waals surface area contributed by atoms with Crippen molar-refractivity contribution in [3.05, 3.63) is 29.3 Å². The van der Waals surface area contributed by atoms with Crippen LogP contribution in [0.1, 0.15) is 33.6 Å². The van der Waals surface area contributed by atoms with Gasteiger partial charge >= 0.3 is 5.97 Å². The molecular weight excluding hydrogens is 392 g/mol. The lowest BCUT2D eigenvalue weighted by atomic mass is 10.1. The maximum Gasteiger partial charge on any atom is 0.324 e. The molecule has 1 heterocycles. The van der Waals surface area contributed by atoms with Crippen LogP contribution in [0.5, 0.6) is 0 Å². The summed E-state index contributed by atoms with van der Waals surface area (Å²) in [4.78, 5) is 24.3. The second-order valence-corrected chi connectivity index (χ2v) is 9.26. The summed E-state index contributed by atoms with van der Waals surface area (Å²) < 4.78 is 31.8. The molecule has 2 rings (SSSR count). The van der Waals surface area contributed by atoms with E-state index in [9.17, 15) is 18.0 Å². The molecule has 2 atom stereocenters. The molecule has 1 aromatic carbocycles. The highest BCUT2D eigenvalue weighted by Crippen LogP contribution is 2.27. The average Bonchev–Trinajstić information content (AvgIpc) is 3.10. The molecule has 1 aliphatic rings. The van der Waals surface area contributed by atoms with Gasteiger partial charge in [-0.1, -0.05) is 25.4 Å². The zero-order chi connectivity index (χ0) is 20.2. The molecule has 0 saturated carbocycles. The van der Waals surface area contributed by atoms with E-state index in [1.807, 2.05) is 20.8 Å². The van der Waals surface area contributed by atoms with Crippen molar-refractivity contribution >= 4 is 33.5 Å². The molecule has 0 radical (unpaired) electrons. The molecule has 150 valence electrons. The standard InChI is InChI=1S/C18H25ClN2O5S/c1-12(2)13(3)20-17(22)11-26-18(23)16-5-4-10-21(16)27(24,25)15-8-6-14(19)7-9-15/h6-9,12-13,16H,4-5,10-11H2,1-3H3,(H,20,22)/t13-,16+/m1/s1. The number of sulfonamides is 1. The lowest BCUT2D eigenvalue weighted by Gasteiger charge is -2.23. The first-order valence-corrected chi connectivity index (χ1v) is 10.7. The molecule has 27 heavy (non-hydrogen) atoms. The van der Waals surface area contributed by atoms with Gasteiger partial charge in [-0.25, -0.2) is 8.42 Å². The van der Waals surface area contributed by atoms with E-state index in [1.54, 1.807) is 0 Å². The minimum atomic E-state index is -3.85. The number of carbonyl (C=O) groups is 2. The fourth-order valence-electron chi connectivity index (χ4n) is 2.70. The highest BCUT2D eigenvalue weighted by molar-refractivity contribution is 7.89. The van der Waals surface area contributed by atoms with Crippen LogP contribution in [0.2, 0.25) is 5.02 Å². The summed E-state index contributed by atoms with van der Waals surface area (Å²) in [5.74, 6) is -0.869. The number of hydrogen-bond acceptors (Lipinski definition) is 5. The topological polar surface area (TPSA) is 92.8 Å². The third kappa shape index (κ3) is 5.43. The van der Waals surface area contributed by atoms with Crippen LogP contribution in [0, 0.1) is 5.92 Å². The minimum absolute atomic E-state index is 0.0514. The lowest BCUT2D eigenvalue weighted by Crippen LogP contribution is -2.43. The molecule has 1 amide bonds. The van der Waals surface area contributed by atoms with E-state index < -0.39 is 34.5 Å². The van der Waals surface area contributed by atoms with Crippen LogP contribution >= 0.6 is 11.6 Å². The molecule has 1 N–H and O–H groups in total. The Morgan fingerprint density at radius 2 is 1.89 bits per heavy atom. The van der Waals surface area contributed by atoms with Crippen LogP contribution < -0.4 is 5.32 Å². The highest BCUT2D eigenvalue weighted by atomic mass is 35.5. The van der Waals surface area contributed by atoms with Crippen molar-refractivity contribution in [3.63, 3.8) is 0 Å². The molecule has 0 bridgehead atoms. The Kier molecular flexibility index (Phi) is 7.25. The van der Waals surface area contributed by atoms with Gasteiger partial charge in [0, 0.05) is 17.6 Å². The van der Waals surface area contributed by atoms with Gasteiger partial charge < -0.3 is 10.1 Å². The second-order valence-electron chi connectivity index (χ2n) is 6.94. The van der Waals surface area contributed by atoms with Crippen LogP contribution in [-0.4, -0.2) is 49.8 Å². The van der Waals surface area contributed by atoms with Gasteiger partial charge in [0.2, 0.25) is 10.0 Å². The first-order chi connectivity index (χ1) is 12.6. The number of nitrogens with zero attached hydrogens (tertiary/aromatic N) is 1. The third-order valence-corrected chi connectivity index (χ3v) is 6.80. The van der Waals surface area contributed by atoms with Gasteiger partial charge in [-0.05, 0) is 49.9 Å². The van der Waals surface area contributed by atoms with E-state index >= 15 is 0 Å². The van der Waals surface area contributed by atoms with E-state index in [4.69, 9.17) is 16.3 Å². The number of nitrogens with one attached hydrogen (secondary N) is 1. The van der Waals surface area contributed by atoms with Gasteiger partial charge in [0.25, 0.3) is 5.91 Å². The molecule has 7 nitrogen and oxygen atoms in total. The zero-order valence-corrected chi connectivity index (χ0v) is 17.2. The summed E-state index contributed by atoms with van der Waals surface area (Å²) in [7, 11) is -3.85. The quantitative estimate of drug-likeness (QED) is 0.688. The van der Waals surface area contributed by atoms with Crippen LogP contribution in [0.4, 0.5) is 0 Å². The Morgan fingerprint density at radius 3 is 2.48 bits per heavy atom. The fraction of sp³-hybridized carbons (Fsp3) is 0.556. The van der Waals surface area contributed by atoms with Crippen LogP contribution in [0.3, 0.4) is 0 Å². The monoisotopic (exact) mass is 416 g/mol. The van der Waals surface area contributed by atoms with Crippen molar-refractivity contribution in [3.8, 4) is 0 Å². The summed E-state index contributed by atoms with van der Waals surface area (Å²) in [6, 6.07) is 4.79. The molecule has 1 saturated heterocycles. The van der Waals surface area contributed by atoms with Gasteiger partial charge in [0.1, 0.15) is 6.04 Å². The first-order valence-electron chi connectivity index (χ1n) is 8.86. The molecule has 0 aromatic heterocycles.